The zero-order valence-corrected chi connectivity index (χ0v) is 10.6. The van der Waals surface area contributed by atoms with Crippen LogP contribution in [0, 0.1) is 11.3 Å². The lowest BCUT2D eigenvalue weighted by Gasteiger charge is -2.09. The van der Waals surface area contributed by atoms with Gasteiger partial charge in [0, 0.05) is 11.9 Å². The number of aromatic amines is 1. The van der Waals surface area contributed by atoms with Gasteiger partial charge in [0.1, 0.15) is 0 Å². The fourth-order valence-electron chi connectivity index (χ4n) is 2.40. The number of aromatic nitrogens is 2. The van der Waals surface area contributed by atoms with E-state index in [4.69, 9.17) is 5.26 Å². The number of aryl methyl sites for hydroxylation is 1. The second-order valence-corrected chi connectivity index (χ2v) is 4.50. The zero-order valence-electron chi connectivity index (χ0n) is 10.6. The number of hydrogen-bond acceptors (Lipinski definition) is 3. The van der Waals surface area contributed by atoms with Gasteiger partial charge in [0.2, 0.25) is 0 Å². The lowest BCUT2D eigenvalue weighted by Crippen LogP contribution is -2.36. The summed E-state index contributed by atoms with van der Waals surface area (Å²) in [5, 5.41) is 10.5. The molecular formula is C15H11N3O2. The van der Waals surface area contributed by atoms with Crippen LogP contribution in [0.15, 0.2) is 46.0 Å². The van der Waals surface area contributed by atoms with Gasteiger partial charge >= 0.3 is 11.1 Å². The molecule has 20 heavy (non-hydrogen) atoms. The average Bonchev–Trinajstić information content (AvgIpc) is 2.48. The largest absolute Gasteiger partial charge is 0.316 e. The van der Waals surface area contributed by atoms with E-state index in [2.05, 4.69) is 4.98 Å². The Morgan fingerprint density at radius 2 is 1.95 bits per heavy atom. The Morgan fingerprint density at radius 3 is 2.75 bits per heavy atom. The van der Waals surface area contributed by atoms with Gasteiger partial charge in [-0.2, -0.15) is 5.26 Å². The Bertz CT molecular complexity index is 961. The van der Waals surface area contributed by atoms with E-state index in [9.17, 15) is 9.59 Å². The number of rotatable bonds is 2. The summed E-state index contributed by atoms with van der Waals surface area (Å²) in [6.45, 7) is 0.216. The number of nitrogens with one attached hydrogen (secondary N) is 1. The van der Waals surface area contributed by atoms with Gasteiger partial charge in [-0.1, -0.05) is 30.3 Å². The number of nitriles is 1. The molecule has 2 aromatic carbocycles. The van der Waals surface area contributed by atoms with Gasteiger partial charge in [0.15, 0.2) is 0 Å². The second kappa shape index (κ2) is 4.67. The quantitative estimate of drug-likeness (QED) is 0.566. The van der Waals surface area contributed by atoms with Crippen LogP contribution in [0.3, 0.4) is 0 Å². The van der Waals surface area contributed by atoms with Crippen LogP contribution in [0.5, 0.6) is 0 Å². The molecule has 0 amide bonds. The molecule has 0 aliphatic heterocycles. The van der Waals surface area contributed by atoms with E-state index < -0.39 is 11.1 Å². The molecular weight excluding hydrogens is 254 g/mol. The van der Waals surface area contributed by atoms with Crippen molar-refractivity contribution in [1.29, 1.82) is 5.26 Å². The normalized spacial score (nSPS) is 10.8. The molecule has 0 unspecified atom stereocenters. The highest BCUT2D eigenvalue weighted by atomic mass is 16.2. The maximum atomic E-state index is 11.9. The van der Waals surface area contributed by atoms with E-state index in [0.717, 1.165) is 10.8 Å². The third-order valence-corrected chi connectivity index (χ3v) is 3.32. The molecule has 1 aromatic heterocycles. The van der Waals surface area contributed by atoms with Crippen molar-refractivity contribution >= 4 is 21.8 Å². The third-order valence-electron chi connectivity index (χ3n) is 3.32. The molecule has 0 saturated heterocycles. The smallest absolute Gasteiger partial charge is 0.315 e. The first-order valence-electron chi connectivity index (χ1n) is 6.24. The van der Waals surface area contributed by atoms with Gasteiger partial charge in [-0.15, -0.1) is 0 Å². The molecule has 0 atom stereocenters. The third kappa shape index (κ3) is 1.79. The lowest BCUT2D eigenvalue weighted by molar-refractivity contribution is 0.703. The van der Waals surface area contributed by atoms with E-state index in [-0.39, 0.29) is 13.0 Å². The van der Waals surface area contributed by atoms with Gasteiger partial charge in [-0.3, -0.25) is 9.59 Å². The van der Waals surface area contributed by atoms with Crippen LogP contribution in [-0.2, 0) is 6.54 Å². The fraction of sp³-hybridized carbons (Fsp3) is 0.133. The van der Waals surface area contributed by atoms with E-state index in [1.54, 1.807) is 6.07 Å². The first kappa shape index (κ1) is 12.2. The summed E-state index contributed by atoms with van der Waals surface area (Å²) in [5.41, 5.74) is -0.0102. The summed E-state index contributed by atoms with van der Waals surface area (Å²) >= 11 is 0. The minimum atomic E-state index is -0.660. The van der Waals surface area contributed by atoms with Crippen molar-refractivity contribution in [3.63, 3.8) is 0 Å². The highest BCUT2D eigenvalue weighted by Gasteiger charge is 2.09. The molecule has 0 spiro atoms. The summed E-state index contributed by atoms with van der Waals surface area (Å²) in [5.74, 6) is 0. The highest BCUT2D eigenvalue weighted by molar-refractivity contribution is 6.03. The molecule has 0 radical (unpaired) electrons. The summed E-state index contributed by atoms with van der Waals surface area (Å²) < 4.78 is 1.36. The summed E-state index contributed by atoms with van der Waals surface area (Å²) in [6, 6.07) is 13.3. The highest BCUT2D eigenvalue weighted by Crippen LogP contribution is 2.21. The van der Waals surface area contributed by atoms with Crippen molar-refractivity contribution in [2.75, 3.05) is 0 Å². The molecule has 1 heterocycles. The second-order valence-electron chi connectivity index (χ2n) is 4.50. The predicted molar refractivity (Wildman–Crippen MR) is 76.6 cm³/mol. The maximum absolute atomic E-state index is 11.9. The zero-order chi connectivity index (χ0) is 14.1. The van der Waals surface area contributed by atoms with Crippen molar-refractivity contribution in [3.8, 4) is 6.07 Å². The predicted octanol–water partition coefficient (Wildman–Crippen LogP) is 1.76. The van der Waals surface area contributed by atoms with E-state index in [0.29, 0.717) is 11.0 Å². The van der Waals surface area contributed by atoms with Crippen LogP contribution in [0.2, 0.25) is 0 Å². The molecule has 5 nitrogen and oxygen atoms in total. The van der Waals surface area contributed by atoms with Crippen LogP contribution in [0.1, 0.15) is 6.42 Å². The number of benzene rings is 2. The average molecular weight is 265 g/mol. The van der Waals surface area contributed by atoms with Gasteiger partial charge < -0.3 is 9.55 Å². The monoisotopic (exact) mass is 265 g/mol. The van der Waals surface area contributed by atoms with Crippen molar-refractivity contribution in [3.05, 3.63) is 57.1 Å². The minimum Gasteiger partial charge on any atom is -0.315 e. The molecule has 1 N–H and O–H groups in total. The van der Waals surface area contributed by atoms with Crippen molar-refractivity contribution in [2.45, 2.75) is 13.0 Å². The first-order valence-corrected chi connectivity index (χ1v) is 6.24. The standard InChI is InChI=1S/C15H11N3O2/c16-8-3-9-18-12-7-6-10-4-1-2-5-11(10)13(12)17-14(19)15(18)20/h1-2,4-7H,3,9H2,(H,17,19). The number of H-pyrrole nitrogens is 1. The van der Waals surface area contributed by atoms with Crippen LogP contribution >= 0.6 is 0 Å². The summed E-state index contributed by atoms with van der Waals surface area (Å²) in [6.07, 6.45) is 0.186. The first-order chi connectivity index (χ1) is 9.72. The van der Waals surface area contributed by atoms with Crippen molar-refractivity contribution < 1.29 is 0 Å². The molecule has 0 bridgehead atoms. The van der Waals surface area contributed by atoms with Crippen LogP contribution in [0.4, 0.5) is 0 Å². The Morgan fingerprint density at radius 1 is 1.15 bits per heavy atom. The SMILES string of the molecule is N#CCCn1c(=O)c(=O)[nH]c2c3ccccc3ccc21. The van der Waals surface area contributed by atoms with Gasteiger partial charge in [0.25, 0.3) is 0 Å². The number of nitrogens with zero attached hydrogens (tertiary/aromatic N) is 2. The fourth-order valence-corrected chi connectivity index (χ4v) is 2.40. The van der Waals surface area contributed by atoms with E-state index in [1.165, 1.54) is 4.57 Å². The molecule has 98 valence electrons. The molecule has 3 rings (SSSR count). The number of fused-ring (bicyclic) bond motifs is 3. The minimum absolute atomic E-state index is 0.186. The van der Waals surface area contributed by atoms with Gasteiger partial charge in [0.05, 0.1) is 23.5 Å². The summed E-state index contributed by atoms with van der Waals surface area (Å²) in [4.78, 5) is 26.4. The van der Waals surface area contributed by atoms with Crippen molar-refractivity contribution in [2.24, 2.45) is 0 Å². The van der Waals surface area contributed by atoms with E-state index >= 15 is 0 Å². The molecule has 5 heteroatoms. The van der Waals surface area contributed by atoms with Crippen molar-refractivity contribution in [1.82, 2.24) is 9.55 Å². The molecule has 0 aliphatic carbocycles. The van der Waals surface area contributed by atoms with Crippen LogP contribution in [-0.4, -0.2) is 9.55 Å². The molecule has 0 fully saturated rings. The Balaban J connectivity index is 2.47. The van der Waals surface area contributed by atoms with Gasteiger partial charge in [-0.25, -0.2) is 0 Å². The van der Waals surface area contributed by atoms with Gasteiger partial charge in [-0.05, 0) is 11.5 Å². The molecule has 0 aliphatic rings. The lowest BCUT2D eigenvalue weighted by atomic mass is 10.1. The Labute approximate surface area is 113 Å². The number of hydrogen-bond donors (Lipinski definition) is 1. The van der Waals surface area contributed by atoms with Crippen LogP contribution < -0.4 is 11.1 Å². The molecule has 0 saturated carbocycles. The topological polar surface area (TPSA) is 78.7 Å². The maximum Gasteiger partial charge on any atom is 0.316 e. The summed E-state index contributed by atoms with van der Waals surface area (Å²) in [7, 11) is 0. The Kier molecular flexibility index (Phi) is 2.84. The van der Waals surface area contributed by atoms with E-state index in [1.807, 2.05) is 36.4 Å². The Hall–Kier alpha value is -2.87. The molecule has 3 aromatic rings. The van der Waals surface area contributed by atoms with Crippen LogP contribution in [0.25, 0.3) is 21.8 Å².